The lowest BCUT2D eigenvalue weighted by Gasteiger charge is -2.37. The molecule has 0 saturated carbocycles. The smallest absolute Gasteiger partial charge is 0.368 e. The Kier molecular flexibility index (Phi) is 6.41. The van der Waals surface area contributed by atoms with Crippen LogP contribution in [0.3, 0.4) is 0 Å². The SMILES string of the molecule is CC(=O)SC(C)[N+](C)(C)CCC(O)(C(=O)O)P(=O)(O)O. The molecule has 0 aliphatic heterocycles. The molecule has 20 heavy (non-hydrogen) atoms. The van der Waals surface area contributed by atoms with Crippen LogP contribution in [0, 0.1) is 0 Å². The predicted octanol–water partition coefficient (Wildman–Crippen LogP) is 0.0295. The van der Waals surface area contributed by atoms with Crippen LogP contribution in [0.4, 0.5) is 0 Å². The number of carboxylic acid groups (broad SMARTS) is 1. The second-order valence-electron chi connectivity index (χ2n) is 5.13. The van der Waals surface area contributed by atoms with E-state index in [2.05, 4.69) is 0 Å². The van der Waals surface area contributed by atoms with E-state index < -0.39 is 25.3 Å². The fourth-order valence-corrected chi connectivity index (χ4v) is 2.90. The molecule has 0 heterocycles. The molecule has 0 fully saturated rings. The van der Waals surface area contributed by atoms with Crippen molar-refractivity contribution < 1.29 is 38.6 Å². The summed E-state index contributed by atoms with van der Waals surface area (Å²) in [5.41, 5.74) is 0. The Labute approximate surface area is 121 Å². The first kappa shape index (κ1) is 19.6. The number of thioether (sulfide) groups is 1. The zero-order valence-corrected chi connectivity index (χ0v) is 13.5. The number of carbonyl (C=O) groups is 2. The fraction of sp³-hybridized carbons (Fsp3) is 0.800. The van der Waals surface area contributed by atoms with Crippen LogP contribution in [0.1, 0.15) is 20.3 Å². The molecule has 0 amide bonds. The Morgan fingerprint density at radius 1 is 1.35 bits per heavy atom. The highest BCUT2D eigenvalue weighted by Crippen LogP contribution is 2.51. The van der Waals surface area contributed by atoms with E-state index in [1.807, 2.05) is 0 Å². The molecule has 2 atom stereocenters. The largest absolute Gasteiger partial charge is 0.479 e. The molecule has 4 N–H and O–H groups in total. The zero-order chi connectivity index (χ0) is 16.4. The Bertz CT molecular complexity index is 435. The number of quaternary nitrogens is 1. The first-order valence-corrected chi connectivity index (χ1v) is 8.24. The lowest BCUT2D eigenvalue weighted by atomic mass is 10.2. The lowest BCUT2D eigenvalue weighted by molar-refractivity contribution is -0.898. The van der Waals surface area contributed by atoms with Crippen LogP contribution in [-0.4, -0.2) is 66.9 Å². The summed E-state index contributed by atoms with van der Waals surface area (Å²) >= 11 is 1.04. The number of aliphatic hydroxyl groups is 1. The average molecular weight is 330 g/mol. The molecule has 0 aliphatic carbocycles. The predicted molar refractivity (Wildman–Crippen MR) is 74.0 cm³/mol. The standard InChI is InChI=1S/C10H20NO7PS/c1-7(20-8(2)12)11(3,4)6-5-10(15,9(13)14)19(16,17)18/h7,15H,5-6H2,1-4H3,(H2-,13,14,16,17,18)/p+1. The number of hydrogen-bond acceptors (Lipinski definition) is 5. The molecule has 0 spiro atoms. The molecule has 0 saturated heterocycles. The number of nitrogens with zero attached hydrogens (tertiary/aromatic N) is 1. The van der Waals surface area contributed by atoms with E-state index in [9.17, 15) is 19.3 Å². The molecule has 10 heteroatoms. The van der Waals surface area contributed by atoms with Crippen molar-refractivity contribution in [2.75, 3.05) is 20.6 Å². The summed E-state index contributed by atoms with van der Waals surface area (Å²) in [7, 11) is -1.85. The van der Waals surface area contributed by atoms with Gasteiger partial charge < -0.3 is 24.5 Å². The molecule has 0 radical (unpaired) electrons. The molecule has 0 aromatic heterocycles. The van der Waals surface area contributed by atoms with E-state index in [0.717, 1.165) is 11.8 Å². The van der Waals surface area contributed by atoms with Crippen molar-refractivity contribution >= 4 is 30.4 Å². The monoisotopic (exact) mass is 330 g/mol. The van der Waals surface area contributed by atoms with Gasteiger partial charge in [-0.15, -0.1) is 0 Å². The van der Waals surface area contributed by atoms with Gasteiger partial charge in [0.15, 0.2) is 5.12 Å². The minimum Gasteiger partial charge on any atom is -0.479 e. The Morgan fingerprint density at radius 3 is 2.10 bits per heavy atom. The Balaban J connectivity index is 5.01. The maximum Gasteiger partial charge on any atom is 0.368 e. The summed E-state index contributed by atoms with van der Waals surface area (Å²) in [6, 6.07) is 0. The summed E-state index contributed by atoms with van der Waals surface area (Å²) in [6.45, 7) is 3.11. The second kappa shape index (κ2) is 6.55. The maximum absolute atomic E-state index is 11.2. The van der Waals surface area contributed by atoms with Crippen LogP contribution in [-0.2, 0) is 14.2 Å². The maximum atomic E-state index is 11.2. The van der Waals surface area contributed by atoms with Crippen LogP contribution >= 0.6 is 19.4 Å². The van der Waals surface area contributed by atoms with Gasteiger partial charge in [-0.25, -0.2) is 4.79 Å². The van der Waals surface area contributed by atoms with E-state index in [0.29, 0.717) is 0 Å². The molecular formula is C10H21NO7PS+. The average Bonchev–Trinajstić information content (AvgIpc) is 2.22. The van der Waals surface area contributed by atoms with Crippen molar-refractivity contribution in [3.05, 3.63) is 0 Å². The number of hydrogen-bond donors (Lipinski definition) is 4. The van der Waals surface area contributed by atoms with Gasteiger partial charge in [-0.05, 0) is 18.7 Å². The quantitative estimate of drug-likeness (QED) is 0.292. The van der Waals surface area contributed by atoms with E-state index in [1.54, 1.807) is 21.0 Å². The third kappa shape index (κ3) is 4.83. The number of carbonyl (C=O) groups excluding carboxylic acids is 1. The van der Waals surface area contributed by atoms with Gasteiger partial charge >= 0.3 is 13.6 Å². The topological polar surface area (TPSA) is 132 Å². The normalized spacial score (nSPS) is 17.4. The van der Waals surface area contributed by atoms with Gasteiger partial charge in [-0.3, -0.25) is 9.36 Å². The van der Waals surface area contributed by atoms with Gasteiger partial charge in [0.25, 0.3) is 5.34 Å². The van der Waals surface area contributed by atoms with E-state index in [1.165, 1.54) is 6.92 Å². The van der Waals surface area contributed by atoms with Crippen LogP contribution in [0.5, 0.6) is 0 Å². The van der Waals surface area contributed by atoms with Crippen LogP contribution < -0.4 is 0 Å². The Morgan fingerprint density at radius 2 is 1.80 bits per heavy atom. The zero-order valence-electron chi connectivity index (χ0n) is 11.8. The molecule has 2 unspecified atom stereocenters. The van der Waals surface area contributed by atoms with Gasteiger partial charge in [-0.2, -0.15) is 0 Å². The van der Waals surface area contributed by atoms with Crippen molar-refractivity contribution in [1.82, 2.24) is 0 Å². The number of rotatable bonds is 7. The third-order valence-corrected chi connectivity index (χ3v) is 5.80. The molecule has 0 rings (SSSR count). The van der Waals surface area contributed by atoms with Crippen molar-refractivity contribution in [2.24, 2.45) is 0 Å². The van der Waals surface area contributed by atoms with Gasteiger partial charge in [0, 0.05) is 13.3 Å². The minimum atomic E-state index is -5.22. The van der Waals surface area contributed by atoms with Crippen molar-refractivity contribution in [3.8, 4) is 0 Å². The summed E-state index contributed by atoms with van der Waals surface area (Å²) in [5, 5.41) is 15.1. The minimum absolute atomic E-state index is 0.0185. The van der Waals surface area contributed by atoms with Gasteiger partial charge in [0.2, 0.25) is 0 Å². The molecule has 0 aromatic rings. The summed E-state index contributed by atoms with van der Waals surface area (Å²) in [5.74, 6) is -1.96. The van der Waals surface area contributed by atoms with Gasteiger partial charge in [-0.1, -0.05) is 0 Å². The first-order valence-electron chi connectivity index (χ1n) is 5.75. The number of carboxylic acids is 1. The highest BCUT2D eigenvalue weighted by Gasteiger charge is 2.53. The first-order chi connectivity index (χ1) is 8.74. The highest BCUT2D eigenvalue weighted by atomic mass is 32.2. The van der Waals surface area contributed by atoms with Crippen molar-refractivity contribution in [1.29, 1.82) is 0 Å². The Hall–Kier alpha value is -0.440. The van der Waals surface area contributed by atoms with Gasteiger partial charge in [0.1, 0.15) is 5.37 Å². The van der Waals surface area contributed by atoms with E-state index in [-0.39, 0.29) is 21.5 Å². The molecular weight excluding hydrogens is 309 g/mol. The fourth-order valence-electron chi connectivity index (χ4n) is 1.39. The molecule has 0 bridgehead atoms. The molecule has 118 valence electrons. The van der Waals surface area contributed by atoms with Crippen molar-refractivity contribution in [2.45, 2.75) is 31.0 Å². The molecule has 8 nitrogen and oxygen atoms in total. The molecule has 0 aromatic carbocycles. The third-order valence-electron chi connectivity index (χ3n) is 3.18. The summed E-state index contributed by atoms with van der Waals surface area (Å²) < 4.78 is 11.3. The second-order valence-corrected chi connectivity index (χ2v) is 8.45. The van der Waals surface area contributed by atoms with E-state index in [4.69, 9.17) is 14.9 Å². The summed E-state index contributed by atoms with van der Waals surface area (Å²) in [4.78, 5) is 40.0. The lowest BCUT2D eigenvalue weighted by Crippen LogP contribution is -2.50. The van der Waals surface area contributed by atoms with Crippen LogP contribution in [0.25, 0.3) is 0 Å². The molecule has 0 aliphatic rings. The van der Waals surface area contributed by atoms with Crippen LogP contribution in [0.2, 0.25) is 0 Å². The van der Waals surface area contributed by atoms with E-state index >= 15 is 0 Å². The highest BCUT2D eigenvalue weighted by molar-refractivity contribution is 8.13. The van der Waals surface area contributed by atoms with Gasteiger partial charge in [0.05, 0.1) is 20.6 Å². The number of aliphatic carboxylic acids is 1. The summed E-state index contributed by atoms with van der Waals surface area (Å²) in [6.07, 6.45) is -0.623. The van der Waals surface area contributed by atoms with Crippen LogP contribution in [0.15, 0.2) is 0 Å². The van der Waals surface area contributed by atoms with Crippen molar-refractivity contribution in [3.63, 3.8) is 0 Å².